The van der Waals surface area contributed by atoms with Crippen LogP contribution in [0.1, 0.15) is 27.2 Å². The van der Waals surface area contributed by atoms with E-state index in [1.54, 1.807) is 0 Å². The first-order valence-corrected chi connectivity index (χ1v) is 5.02. The molecule has 1 aliphatic rings. The lowest BCUT2D eigenvalue weighted by Gasteiger charge is -2.20. The fourth-order valence-electron chi connectivity index (χ4n) is 1.62. The van der Waals surface area contributed by atoms with Gasteiger partial charge >= 0.3 is 0 Å². The van der Waals surface area contributed by atoms with Gasteiger partial charge < -0.3 is 5.32 Å². The standard InChI is InChI=1S/C12H18N2/c1-5-7-11(6-2)12-8-13-10(4)14-9(12)3/h5,7-9H,1,6H2,2-4H3,(H,13,14)/b11-7+. The fourth-order valence-corrected chi connectivity index (χ4v) is 1.62. The number of nitrogens with one attached hydrogen (secondary N) is 1. The molecule has 14 heavy (non-hydrogen) atoms. The minimum absolute atomic E-state index is 0.252. The van der Waals surface area contributed by atoms with E-state index in [-0.39, 0.29) is 6.04 Å². The summed E-state index contributed by atoms with van der Waals surface area (Å²) >= 11 is 0. The predicted molar refractivity (Wildman–Crippen MR) is 62.4 cm³/mol. The van der Waals surface area contributed by atoms with Crippen LogP contribution in [-0.4, -0.2) is 11.9 Å². The Morgan fingerprint density at radius 2 is 2.43 bits per heavy atom. The van der Waals surface area contributed by atoms with Gasteiger partial charge in [0.1, 0.15) is 0 Å². The molecule has 0 aromatic heterocycles. The highest BCUT2D eigenvalue weighted by atomic mass is 15.0. The van der Waals surface area contributed by atoms with Gasteiger partial charge in [0.05, 0.1) is 11.9 Å². The van der Waals surface area contributed by atoms with E-state index in [4.69, 9.17) is 0 Å². The second-order valence-electron chi connectivity index (χ2n) is 3.42. The summed E-state index contributed by atoms with van der Waals surface area (Å²) in [7, 11) is 0. The average Bonchev–Trinajstić information content (AvgIpc) is 2.15. The Labute approximate surface area is 86.1 Å². The monoisotopic (exact) mass is 190 g/mol. The largest absolute Gasteiger partial charge is 0.350 e. The molecule has 1 atom stereocenters. The van der Waals surface area contributed by atoms with Crippen LogP contribution >= 0.6 is 0 Å². The summed E-state index contributed by atoms with van der Waals surface area (Å²) < 4.78 is 0. The van der Waals surface area contributed by atoms with Crippen LogP contribution in [-0.2, 0) is 0 Å². The minimum atomic E-state index is 0.252. The van der Waals surface area contributed by atoms with Crippen LogP contribution < -0.4 is 5.32 Å². The van der Waals surface area contributed by atoms with Crippen molar-refractivity contribution in [1.82, 2.24) is 5.32 Å². The Morgan fingerprint density at radius 3 is 2.93 bits per heavy atom. The van der Waals surface area contributed by atoms with Crippen LogP contribution in [0.25, 0.3) is 0 Å². The molecule has 2 nitrogen and oxygen atoms in total. The highest BCUT2D eigenvalue weighted by molar-refractivity contribution is 5.82. The number of nitrogens with zero attached hydrogens (tertiary/aromatic N) is 1. The number of allylic oxidation sites excluding steroid dienone is 2. The Bertz CT molecular complexity index is 308. The lowest BCUT2D eigenvalue weighted by atomic mass is 9.97. The number of hydrogen-bond acceptors (Lipinski definition) is 2. The van der Waals surface area contributed by atoms with Gasteiger partial charge in [0, 0.05) is 6.20 Å². The zero-order chi connectivity index (χ0) is 10.6. The van der Waals surface area contributed by atoms with Crippen molar-refractivity contribution in [2.45, 2.75) is 33.2 Å². The van der Waals surface area contributed by atoms with Crippen LogP contribution in [0.15, 0.2) is 41.1 Å². The van der Waals surface area contributed by atoms with Crippen molar-refractivity contribution in [2.75, 3.05) is 0 Å². The smallest absolute Gasteiger partial charge is 0.0978 e. The van der Waals surface area contributed by atoms with Gasteiger partial charge in [-0.15, -0.1) is 0 Å². The van der Waals surface area contributed by atoms with E-state index >= 15 is 0 Å². The quantitative estimate of drug-likeness (QED) is 0.680. The van der Waals surface area contributed by atoms with Crippen molar-refractivity contribution in [2.24, 2.45) is 4.99 Å². The average molecular weight is 190 g/mol. The maximum atomic E-state index is 4.48. The van der Waals surface area contributed by atoms with Gasteiger partial charge in [-0.05, 0) is 31.4 Å². The number of hydrogen-bond donors (Lipinski definition) is 1. The van der Waals surface area contributed by atoms with Crippen LogP contribution in [0.3, 0.4) is 0 Å². The molecule has 0 saturated carbocycles. The second-order valence-corrected chi connectivity index (χ2v) is 3.42. The molecule has 0 amide bonds. The maximum absolute atomic E-state index is 4.48. The van der Waals surface area contributed by atoms with Crippen molar-refractivity contribution in [3.63, 3.8) is 0 Å². The van der Waals surface area contributed by atoms with E-state index in [2.05, 4.69) is 36.8 Å². The summed E-state index contributed by atoms with van der Waals surface area (Å²) in [6, 6.07) is 0.252. The topological polar surface area (TPSA) is 24.4 Å². The summed E-state index contributed by atoms with van der Waals surface area (Å²) in [6.07, 6.45) is 6.95. The van der Waals surface area contributed by atoms with Crippen molar-refractivity contribution < 1.29 is 0 Å². The summed E-state index contributed by atoms with van der Waals surface area (Å²) in [5, 5.41) is 3.15. The van der Waals surface area contributed by atoms with Gasteiger partial charge in [0.15, 0.2) is 0 Å². The van der Waals surface area contributed by atoms with Crippen molar-refractivity contribution >= 4 is 5.84 Å². The zero-order valence-corrected chi connectivity index (χ0v) is 9.17. The highest BCUT2D eigenvalue weighted by Gasteiger charge is 2.14. The number of rotatable bonds is 3. The van der Waals surface area contributed by atoms with E-state index in [9.17, 15) is 0 Å². The van der Waals surface area contributed by atoms with Crippen LogP contribution in [0.2, 0.25) is 0 Å². The molecule has 2 heteroatoms. The summed E-state index contributed by atoms with van der Waals surface area (Å²) in [5.74, 6) is 0.982. The van der Waals surface area contributed by atoms with Gasteiger partial charge in [0.25, 0.3) is 0 Å². The van der Waals surface area contributed by atoms with Gasteiger partial charge in [0.2, 0.25) is 0 Å². The first-order valence-electron chi connectivity index (χ1n) is 5.02. The molecule has 0 bridgehead atoms. The molecule has 1 unspecified atom stereocenters. The van der Waals surface area contributed by atoms with Gasteiger partial charge in [-0.2, -0.15) is 0 Å². The lowest BCUT2D eigenvalue weighted by Crippen LogP contribution is -2.24. The zero-order valence-electron chi connectivity index (χ0n) is 9.17. The van der Waals surface area contributed by atoms with E-state index in [1.807, 2.05) is 19.2 Å². The van der Waals surface area contributed by atoms with Crippen LogP contribution in [0.5, 0.6) is 0 Å². The molecule has 0 aromatic carbocycles. The van der Waals surface area contributed by atoms with E-state index in [0.29, 0.717) is 0 Å². The van der Waals surface area contributed by atoms with Crippen molar-refractivity contribution in [3.05, 3.63) is 36.1 Å². The van der Waals surface area contributed by atoms with Gasteiger partial charge in [-0.3, -0.25) is 4.99 Å². The summed E-state index contributed by atoms with van der Waals surface area (Å²) in [4.78, 5) is 4.48. The van der Waals surface area contributed by atoms with Crippen molar-refractivity contribution in [1.29, 1.82) is 0 Å². The van der Waals surface area contributed by atoms with Crippen LogP contribution in [0, 0.1) is 0 Å². The predicted octanol–water partition coefficient (Wildman–Crippen LogP) is 2.80. The minimum Gasteiger partial charge on any atom is -0.350 e. The first kappa shape index (κ1) is 10.8. The maximum Gasteiger partial charge on any atom is 0.0978 e. The molecule has 0 aliphatic carbocycles. The van der Waals surface area contributed by atoms with E-state index < -0.39 is 0 Å². The molecule has 1 aliphatic heterocycles. The first-order chi connectivity index (χ1) is 6.69. The van der Waals surface area contributed by atoms with E-state index in [1.165, 1.54) is 11.1 Å². The molecule has 0 spiro atoms. The number of amidine groups is 1. The number of aliphatic imine (C=N–C) groups is 1. The molecule has 1 heterocycles. The third-order valence-electron chi connectivity index (χ3n) is 2.34. The Kier molecular flexibility index (Phi) is 3.69. The molecule has 1 rings (SSSR count). The summed E-state index contributed by atoms with van der Waals surface area (Å²) in [6.45, 7) is 9.96. The molecule has 0 saturated heterocycles. The molecule has 0 radical (unpaired) electrons. The Morgan fingerprint density at radius 1 is 1.71 bits per heavy atom. The van der Waals surface area contributed by atoms with Gasteiger partial charge in [-0.25, -0.2) is 0 Å². The molecular weight excluding hydrogens is 172 g/mol. The second kappa shape index (κ2) is 4.80. The Balaban J connectivity index is 2.88. The molecule has 0 aromatic rings. The summed E-state index contributed by atoms with van der Waals surface area (Å²) in [5.41, 5.74) is 2.56. The molecule has 76 valence electrons. The molecule has 1 N–H and O–H groups in total. The van der Waals surface area contributed by atoms with Crippen LogP contribution in [0.4, 0.5) is 0 Å². The fraction of sp³-hybridized carbons (Fsp3) is 0.417. The van der Waals surface area contributed by atoms with E-state index in [0.717, 1.165) is 12.3 Å². The van der Waals surface area contributed by atoms with Gasteiger partial charge in [-0.1, -0.05) is 25.7 Å². The Hall–Kier alpha value is -1.31. The lowest BCUT2D eigenvalue weighted by molar-refractivity contribution is 0.815. The third kappa shape index (κ3) is 2.34. The SMILES string of the molecule is C=C/C=C(\CC)C1=CNC(C)=NC1C. The molecular formula is C12H18N2. The third-order valence-corrected chi connectivity index (χ3v) is 2.34. The normalized spacial score (nSPS) is 22.2. The van der Waals surface area contributed by atoms with Crippen molar-refractivity contribution in [3.8, 4) is 0 Å². The highest BCUT2D eigenvalue weighted by Crippen LogP contribution is 2.21. The molecule has 0 fully saturated rings.